The minimum absolute atomic E-state index is 0.0242. The molecule has 0 bridgehead atoms. The van der Waals surface area contributed by atoms with Crippen LogP contribution in [0, 0.1) is 0 Å². The van der Waals surface area contributed by atoms with E-state index in [1.807, 2.05) is 6.92 Å². The smallest absolute Gasteiger partial charge is 0.475 e. The van der Waals surface area contributed by atoms with Crippen molar-refractivity contribution in [2.24, 2.45) is 7.05 Å². The molecule has 0 radical (unpaired) electrons. The highest BCUT2D eigenvalue weighted by molar-refractivity contribution is 5.95. The maximum absolute atomic E-state index is 13.1. The number of hydrogen-bond donors (Lipinski definition) is 1. The van der Waals surface area contributed by atoms with Crippen LogP contribution in [0.15, 0.2) is 6.20 Å². The van der Waals surface area contributed by atoms with E-state index >= 15 is 0 Å². The van der Waals surface area contributed by atoms with Gasteiger partial charge in [0.05, 0.1) is 30.4 Å². The number of rotatable bonds is 4. The average Bonchev–Trinajstić information content (AvgIpc) is 3.25. The lowest BCUT2D eigenvalue weighted by molar-refractivity contribution is -0.192. The highest BCUT2D eigenvalue weighted by Gasteiger charge is 2.45. The Morgan fingerprint density at radius 2 is 2.06 bits per heavy atom. The largest absolute Gasteiger partial charge is 0.490 e. The minimum Gasteiger partial charge on any atom is -0.475 e. The average molecular weight is 457 g/mol. The minimum atomic E-state index is -5.08. The zero-order valence-corrected chi connectivity index (χ0v) is 17.0. The molecule has 8 nitrogen and oxygen atoms in total. The molecule has 2 atom stereocenters. The number of carbonyl (C=O) groups excluding carboxylic acids is 1. The Hall–Kier alpha value is -2.28. The fourth-order valence-electron chi connectivity index (χ4n) is 3.70. The molecule has 0 aliphatic carbocycles. The van der Waals surface area contributed by atoms with E-state index in [2.05, 4.69) is 5.10 Å². The van der Waals surface area contributed by atoms with E-state index in [-0.39, 0.29) is 11.7 Å². The molecule has 3 rings (SSSR count). The van der Waals surface area contributed by atoms with Crippen LogP contribution in [0.1, 0.15) is 48.7 Å². The molecule has 1 N–H and O–H groups in total. The molecule has 1 amide bonds. The topological polar surface area (TPSA) is 93.9 Å². The summed E-state index contributed by atoms with van der Waals surface area (Å²) in [5.41, 5.74) is -0.897. The van der Waals surface area contributed by atoms with Gasteiger partial charge in [-0.15, -0.1) is 0 Å². The van der Waals surface area contributed by atoms with Gasteiger partial charge in [0.2, 0.25) is 0 Å². The lowest BCUT2D eigenvalue weighted by atomic mass is 9.89. The van der Waals surface area contributed by atoms with Gasteiger partial charge in [0.15, 0.2) is 0 Å². The first-order valence-electron chi connectivity index (χ1n) is 9.55. The van der Waals surface area contributed by atoms with E-state index in [9.17, 15) is 26.7 Å². The summed E-state index contributed by atoms with van der Waals surface area (Å²) in [4.78, 5) is 23.2. The number of aromatic nitrogens is 2. The van der Waals surface area contributed by atoms with Crippen LogP contribution in [0.5, 0.6) is 0 Å². The van der Waals surface area contributed by atoms with Crippen LogP contribution in [0.3, 0.4) is 0 Å². The number of ether oxygens (including phenoxy) is 2. The summed E-state index contributed by atoms with van der Waals surface area (Å²) in [5, 5.41) is 10.8. The number of aliphatic carboxylic acids is 1. The van der Waals surface area contributed by atoms with E-state index in [0.717, 1.165) is 19.3 Å². The van der Waals surface area contributed by atoms with Crippen molar-refractivity contribution in [3.8, 4) is 0 Å². The molecule has 2 aliphatic rings. The number of carboxylic acids is 1. The molecule has 13 heteroatoms. The van der Waals surface area contributed by atoms with Crippen molar-refractivity contribution in [1.29, 1.82) is 0 Å². The van der Waals surface area contributed by atoms with Crippen LogP contribution in [0.4, 0.5) is 22.0 Å². The molecule has 1 aromatic rings. The van der Waals surface area contributed by atoms with E-state index in [4.69, 9.17) is 19.4 Å². The quantitative estimate of drug-likeness (QED) is 0.699. The van der Waals surface area contributed by atoms with Gasteiger partial charge >= 0.3 is 12.1 Å². The third-order valence-corrected chi connectivity index (χ3v) is 4.94. The Labute approximate surface area is 174 Å². The number of carbonyl (C=O) groups is 2. The molecule has 1 spiro atoms. The summed E-state index contributed by atoms with van der Waals surface area (Å²) >= 11 is 0. The van der Waals surface area contributed by atoms with Crippen LogP contribution < -0.4 is 0 Å². The fraction of sp³-hybridized carbons (Fsp3) is 0.722. The van der Waals surface area contributed by atoms with Gasteiger partial charge in [0.1, 0.15) is 5.69 Å². The molecule has 0 saturated carbocycles. The van der Waals surface area contributed by atoms with Gasteiger partial charge in [-0.2, -0.15) is 18.3 Å². The van der Waals surface area contributed by atoms with Crippen molar-refractivity contribution in [2.75, 3.05) is 26.3 Å². The number of alkyl halides is 5. The number of piperidine rings is 1. The van der Waals surface area contributed by atoms with Gasteiger partial charge in [0, 0.05) is 32.8 Å². The monoisotopic (exact) mass is 457 g/mol. The lowest BCUT2D eigenvalue weighted by Gasteiger charge is -2.39. The third kappa shape index (κ3) is 6.35. The van der Waals surface area contributed by atoms with Crippen molar-refractivity contribution in [1.82, 2.24) is 14.7 Å². The SMILES string of the molecule is CCO[C@H]1CO[C@]2(CCCN(C(=O)c3cn(C)nc3C(F)F)C2)C1.O=C(O)C(F)(F)F. The summed E-state index contributed by atoms with van der Waals surface area (Å²) in [6.45, 7) is 4.04. The van der Waals surface area contributed by atoms with E-state index < -0.39 is 35.8 Å². The number of nitrogens with zero attached hydrogens (tertiary/aromatic N) is 3. The first-order chi connectivity index (χ1) is 14.4. The van der Waals surface area contributed by atoms with Gasteiger partial charge in [-0.1, -0.05) is 0 Å². The zero-order valence-electron chi connectivity index (χ0n) is 17.0. The number of likely N-dealkylation sites (tertiary alicyclic amines) is 1. The van der Waals surface area contributed by atoms with Crippen molar-refractivity contribution in [2.45, 2.75) is 50.5 Å². The number of hydrogen-bond acceptors (Lipinski definition) is 5. The van der Waals surface area contributed by atoms with Crippen LogP contribution in [-0.4, -0.2) is 75.8 Å². The van der Waals surface area contributed by atoms with Crippen molar-refractivity contribution in [3.05, 3.63) is 17.5 Å². The van der Waals surface area contributed by atoms with Gasteiger partial charge < -0.3 is 19.5 Å². The Balaban J connectivity index is 0.000000423. The maximum Gasteiger partial charge on any atom is 0.490 e. The molecule has 2 aliphatic heterocycles. The van der Waals surface area contributed by atoms with Gasteiger partial charge in [-0.05, 0) is 19.8 Å². The van der Waals surface area contributed by atoms with Crippen LogP contribution >= 0.6 is 0 Å². The summed E-state index contributed by atoms with van der Waals surface area (Å²) in [6.07, 6.45) is -4.07. The molecule has 0 unspecified atom stereocenters. The predicted molar refractivity (Wildman–Crippen MR) is 95.7 cm³/mol. The Morgan fingerprint density at radius 3 is 2.61 bits per heavy atom. The second kappa shape index (κ2) is 9.90. The van der Waals surface area contributed by atoms with Gasteiger partial charge in [0.25, 0.3) is 12.3 Å². The summed E-state index contributed by atoms with van der Waals surface area (Å²) in [7, 11) is 1.53. The Bertz CT molecular complexity index is 785. The summed E-state index contributed by atoms with van der Waals surface area (Å²) < 4.78 is 70.8. The highest BCUT2D eigenvalue weighted by atomic mass is 19.4. The van der Waals surface area contributed by atoms with Gasteiger partial charge in [-0.3, -0.25) is 9.48 Å². The van der Waals surface area contributed by atoms with Crippen LogP contribution in [0.25, 0.3) is 0 Å². The molecular formula is C18H24F5N3O5. The molecule has 2 saturated heterocycles. The second-order valence-corrected chi connectivity index (χ2v) is 7.31. The molecule has 176 valence electrons. The van der Waals surface area contributed by atoms with Crippen molar-refractivity contribution in [3.63, 3.8) is 0 Å². The molecule has 1 aromatic heterocycles. The highest BCUT2D eigenvalue weighted by Crippen LogP contribution is 2.36. The van der Waals surface area contributed by atoms with Crippen LogP contribution in [0.2, 0.25) is 0 Å². The Kier molecular flexibility index (Phi) is 7.98. The molecule has 31 heavy (non-hydrogen) atoms. The van der Waals surface area contributed by atoms with E-state index in [1.54, 1.807) is 4.90 Å². The first kappa shape index (κ1) is 25.0. The molecular weight excluding hydrogens is 433 g/mol. The predicted octanol–water partition coefficient (Wildman–Crippen LogP) is 2.79. The normalized spacial score (nSPS) is 23.7. The lowest BCUT2D eigenvalue weighted by Crippen LogP contribution is -2.50. The van der Waals surface area contributed by atoms with Crippen molar-refractivity contribution >= 4 is 11.9 Å². The Morgan fingerprint density at radius 1 is 1.42 bits per heavy atom. The number of carboxylic acid groups (broad SMARTS) is 1. The first-order valence-corrected chi connectivity index (χ1v) is 9.55. The zero-order chi connectivity index (χ0) is 23.4. The van der Waals surface area contributed by atoms with E-state index in [0.29, 0.717) is 26.3 Å². The molecule has 3 heterocycles. The number of amides is 1. The third-order valence-electron chi connectivity index (χ3n) is 4.94. The summed E-state index contributed by atoms with van der Waals surface area (Å²) in [6, 6.07) is 0. The fourth-order valence-corrected chi connectivity index (χ4v) is 3.70. The summed E-state index contributed by atoms with van der Waals surface area (Å²) in [5.74, 6) is -3.16. The van der Waals surface area contributed by atoms with Crippen molar-refractivity contribution < 1.29 is 46.1 Å². The van der Waals surface area contributed by atoms with Crippen LogP contribution in [-0.2, 0) is 21.3 Å². The molecule has 0 aromatic carbocycles. The number of aryl methyl sites for hydroxylation is 1. The second-order valence-electron chi connectivity index (χ2n) is 7.31. The van der Waals surface area contributed by atoms with Gasteiger partial charge in [-0.25, -0.2) is 13.6 Å². The van der Waals surface area contributed by atoms with E-state index in [1.165, 1.54) is 17.9 Å². The molecule has 2 fully saturated rings. The number of halogens is 5. The maximum atomic E-state index is 13.1. The standard InChI is InChI=1S/C16H23F2N3O3.C2HF3O2/c1-3-23-11-7-16(24-9-11)5-4-6-21(10-16)15(22)12-8-20(2)19-13(12)14(17)18;3-2(4,5)1(6)7/h8,11,14H,3-7,9-10H2,1-2H3;(H,6,7)/t11-,16-;/m1./s1.